The topological polar surface area (TPSA) is 67.9 Å². The molecule has 0 saturated carbocycles. The lowest BCUT2D eigenvalue weighted by molar-refractivity contribution is 0.0724. The number of nitrogens with one attached hydrogen (secondary N) is 1. The van der Waals surface area contributed by atoms with Gasteiger partial charge in [-0.15, -0.1) is 0 Å². The van der Waals surface area contributed by atoms with E-state index in [1.54, 1.807) is 48.5 Å². The van der Waals surface area contributed by atoms with Crippen LogP contribution in [0.5, 0.6) is 17.2 Å². The van der Waals surface area contributed by atoms with E-state index >= 15 is 0 Å². The molecule has 6 nitrogen and oxygen atoms in total. The van der Waals surface area contributed by atoms with E-state index in [-0.39, 0.29) is 11.9 Å². The van der Waals surface area contributed by atoms with Crippen molar-refractivity contribution < 1.29 is 19.1 Å². The average molecular weight is 382 g/mol. The van der Waals surface area contributed by atoms with Gasteiger partial charge in [-0.2, -0.15) is 0 Å². The summed E-state index contributed by atoms with van der Waals surface area (Å²) in [6.45, 7) is 5.40. The van der Waals surface area contributed by atoms with Crippen molar-refractivity contribution in [3.8, 4) is 17.2 Å². The molecule has 3 rings (SSSR count). The van der Waals surface area contributed by atoms with Crippen LogP contribution in [0.3, 0.4) is 0 Å². The first-order chi connectivity index (χ1) is 13.5. The van der Waals surface area contributed by atoms with Crippen molar-refractivity contribution in [2.24, 2.45) is 0 Å². The summed E-state index contributed by atoms with van der Waals surface area (Å²) in [7, 11) is 0. The summed E-state index contributed by atoms with van der Waals surface area (Å²) in [5, 5.41) is 2.66. The minimum absolute atomic E-state index is 0.0138. The molecule has 0 atom stereocenters. The Balaban J connectivity index is 1.56. The van der Waals surface area contributed by atoms with Gasteiger partial charge in [0.05, 0.1) is 0 Å². The second-order valence-electron chi connectivity index (χ2n) is 7.14. The number of rotatable bonds is 5. The number of likely N-dealkylation sites (tertiary alicyclic amines) is 1. The zero-order valence-corrected chi connectivity index (χ0v) is 16.3. The normalized spacial score (nSPS) is 13.9. The molecule has 0 aromatic heterocycles. The number of piperidine rings is 1. The molecule has 1 heterocycles. The fourth-order valence-electron chi connectivity index (χ4n) is 3.03. The van der Waals surface area contributed by atoms with E-state index < -0.39 is 6.09 Å². The molecule has 1 fully saturated rings. The SMILES string of the molecule is CC(C)NC(=O)Oc1ccc(Oc2ccc(C(=O)N3CCCCC3)cc2)cc1. The molecule has 0 bridgehead atoms. The lowest BCUT2D eigenvalue weighted by Gasteiger charge is -2.26. The standard InChI is InChI=1S/C22H26N2O4/c1-16(2)23-22(26)28-20-12-10-19(11-13-20)27-18-8-6-17(7-9-18)21(25)24-14-4-3-5-15-24/h6-13,16H,3-5,14-15H2,1-2H3,(H,23,26). The highest BCUT2D eigenvalue weighted by Gasteiger charge is 2.18. The van der Waals surface area contributed by atoms with Crippen LogP contribution in [-0.2, 0) is 0 Å². The van der Waals surface area contributed by atoms with Crippen LogP contribution in [0.2, 0.25) is 0 Å². The second kappa shape index (κ2) is 9.26. The van der Waals surface area contributed by atoms with E-state index in [4.69, 9.17) is 9.47 Å². The molecule has 1 N–H and O–H groups in total. The molecule has 0 aliphatic carbocycles. The summed E-state index contributed by atoms with van der Waals surface area (Å²) in [6, 6.07) is 14.0. The molecule has 2 aromatic carbocycles. The highest BCUT2D eigenvalue weighted by molar-refractivity contribution is 5.94. The number of benzene rings is 2. The Kier molecular flexibility index (Phi) is 6.53. The van der Waals surface area contributed by atoms with Crippen molar-refractivity contribution in [1.82, 2.24) is 10.2 Å². The number of nitrogens with zero attached hydrogens (tertiary/aromatic N) is 1. The minimum atomic E-state index is -0.488. The number of ether oxygens (including phenoxy) is 2. The van der Waals surface area contributed by atoms with Crippen molar-refractivity contribution in [3.05, 3.63) is 54.1 Å². The Morgan fingerprint density at radius 2 is 1.39 bits per heavy atom. The van der Waals surface area contributed by atoms with Gasteiger partial charge in [0.15, 0.2) is 0 Å². The third-order valence-electron chi connectivity index (χ3n) is 4.42. The Labute approximate surface area is 165 Å². The molecule has 1 aliphatic heterocycles. The Morgan fingerprint density at radius 1 is 0.857 bits per heavy atom. The number of hydrogen-bond acceptors (Lipinski definition) is 4. The van der Waals surface area contributed by atoms with Crippen LogP contribution in [0, 0.1) is 0 Å². The number of amides is 2. The van der Waals surface area contributed by atoms with Crippen LogP contribution in [0.1, 0.15) is 43.5 Å². The summed E-state index contributed by atoms with van der Waals surface area (Å²) < 4.78 is 11.0. The van der Waals surface area contributed by atoms with Crippen LogP contribution in [-0.4, -0.2) is 36.0 Å². The molecular weight excluding hydrogens is 356 g/mol. The fraction of sp³-hybridized carbons (Fsp3) is 0.364. The highest BCUT2D eigenvalue weighted by Crippen LogP contribution is 2.25. The first kappa shape index (κ1) is 19.7. The molecule has 1 aliphatic rings. The Hall–Kier alpha value is -3.02. The smallest absolute Gasteiger partial charge is 0.412 e. The van der Waals surface area contributed by atoms with E-state index in [0.29, 0.717) is 22.8 Å². The maximum Gasteiger partial charge on any atom is 0.412 e. The Bertz CT molecular complexity index is 794. The third-order valence-corrected chi connectivity index (χ3v) is 4.42. The van der Waals surface area contributed by atoms with Crippen LogP contribution < -0.4 is 14.8 Å². The van der Waals surface area contributed by atoms with E-state index in [2.05, 4.69) is 5.32 Å². The van der Waals surface area contributed by atoms with Crippen molar-refractivity contribution in [2.75, 3.05) is 13.1 Å². The molecular formula is C22H26N2O4. The highest BCUT2D eigenvalue weighted by atomic mass is 16.6. The van der Waals surface area contributed by atoms with Gasteiger partial charge in [-0.1, -0.05) is 0 Å². The van der Waals surface area contributed by atoms with Gasteiger partial charge >= 0.3 is 6.09 Å². The van der Waals surface area contributed by atoms with Crippen molar-refractivity contribution in [3.63, 3.8) is 0 Å². The first-order valence-corrected chi connectivity index (χ1v) is 9.67. The quantitative estimate of drug-likeness (QED) is 0.820. The predicted molar refractivity (Wildman–Crippen MR) is 107 cm³/mol. The zero-order chi connectivity index (χ0) is 19.9. The molecule has 2 aromatic rings. The van der Waals surface area contributed by atoms with E-state index in [1.807, 2.05) is 18.7 Å². The zero-order valence-electron chi connectivity index (χ0n) is 16.3. The van der Waals surface area contributed by atoms with Crippen molar-refractivity contribution in [2.45, 2.75) is 39.2 Å². The van der Waals surface area contributed by atoms with E-state index in [0.717, 1.165) is 25.9 Å². The van der Waals surface area contributed by atoms with Gasteiger partial charge in [0.25, 0.3) is 5.91 Å². The van der Waals surface area contributed by atoms with Gasteiger partial charge in [-0.3, -0.25) is 4.79 Å². The summed E-state index contributed by atoms with van der Waals surface area (Å²) in [5.41, 5.74) is 0.675. The van der Waals surface area contributed by atoms with Gasteiger partial charge in [0.1, 0.15) is 17.2 Å². The second-order valence-corrected chi connectivity index (χ2v) is 7.14. The van der Waals surface area contributed by atoms with Crippen LogP contribution in [0.15, 0.2) is 48.5 Å². The summed E-state index contributed by atoms with van der Waals surface area (Å²) >= 11 is 0. The molecule has 0 unspecified atom stereocenters. The third kappa shape index (κ3) is 5.49. The van der Waals surface area contributed by atoms with Gasteiger partial charge in [-0.25, -0.2) is 4.79 Å². The number of carbonyl (C=O) groups is 2. The van der Waals surface area contributed by atoms with Gasteiger partial charge in [0.2, 0.25) is 0 Å². The summed E-state index contributed by atoms with van der Waals surface area (Å²) in [5.74, 6) is 1.77. The van der Waals surface area contributed by atoms with Gasteiger partial charge < -0.3 is 19.7 Å². The maximum atomic E-state index is 12.5. The van der Waals surface area contributed by atoms with E-state index in [1.165, 1.54) is 6.42 Å². The van der Waals surface area contributed by atoms with Crippen molar-refractivity contribution in [1.29, 1.82) is 0 Å². The molecule has 148 valence electrons. The monoisotopic (exact) mass is 382 g/mol. The average Bonchev–Trinajstić information content (AvgIpc) is 2.69. The van der Waals surface area contributed by atoms with Gasteiger partial charge in [0, 0.05) is 24.7 Å². The van der Waals surface area contributed by atoms with Crippen molar-refractivity contribution >= 4 is 12.0 Å². The summed E-state index contributed by atoms with van der Waals surface area (Å²) in [6.07, 6.45) is 2.86. The Morgan fingerprint density at radius 3 is 1.96 bits per heavy atom. The largest absolute Gasteiger partial charge is 0.457 e. The number of carbonyl (C=O) groups excluding carboxylic acids is 2. The van der Waals surface area contributed by atoms with Crippen LogP contribution in [0.25, 0.3) is 0 Å². The molecule has 28 heavy (non-hydrogen) atoms. The molecule has 6 heteroatoms. The van der Waals surface area contributed by atoms with E-state index in [9.17, 15) is 9.59 Å². The maximum absolute atomic E-state index is 12.5. The lowest BCUT2D eigenvalue weighted by Crippen LogP contribution is -2.35. The number of hydrogen-bond donors (Lipinski definition) is 1. The predicted octanol–water partition coefficient (Wildman–Crippen LogP) is 4.60. The molecule has 0 radical (unpaired) electrons. The fourth-order valence-corrected chi connectivity index (χ4v) is 3.03. The molecule has 1 saturated heterocycles. The first-order valence-electron chi connectivity index (χ1n) is 9.67. The van der Waals surface area contributed by atoms with Crippen LogP contribution >= 0.6 is 0 Å². The molecule has 0 spiro atoms. The summed E-state index contributed by atoms with van der Waals surface area (Å²) in [4.78, 5) is 26.0. The minimum Gasteiger partial charge on any atom is -0.457 e. The van der Waals surface area contributed by atoms with Gasteiger partial charge in [-0.05, 0) is 81.6 Å². The molecule has 2 amide bonds. The lowest BCUT2D eigenvalue weighted by atomic mass is 10.1. The van der Waals surface area contributed by atoms with Crippen LogP contribution in [0.4, 0.5) is 4.79 Å².